The zero-order valence-electron chi connectivity index (χ0n) is 15.5. The highest BCUT2D eigenvalue weighted by Gasteiger charge is 2.18. The van der Waals surface area contributed by atoms with Crippen molar-refractivity contribution in [3.05, 3.63) is 48.2 Å². The van der Waals surface area contributed by atoms with Gasteiger partial charge in [-0.2, -0.15) is 8.42 Å². The van der Waals surface area contributed by atoms with Crippen LogP contribution >= 0.6 is 0 Å². The molecule has 0 aliphatic rings. The molecule has 30 heavy (non-hydrogen) atoms. The second-order valence-electron chi connectivity index (χ2n) is 5.99. The van der Waals surface area contributed by atoms with Crippen LogP contribution in [0.5, 0.6) is 17.2 Å². The quantitative estimate of drug-likeness (QED) is 0.377. The number of pyridine rings is 1. The number of benzene rings is 2. The third-order valence-corrected chi connectivity index (χ3v) is 4.82. The fourth-order valence-electron chi connectivity index (χ4n) is 2.57. The molecule has 1 heterocycles. The predicted octanol–water partition coefficient (Wildman–Crippen LogP) is 2.41. The van der Waals surface area contributed by atoms with Crippen LogP contribution in [-0.4, -0.2) is 54.1 Å². The van der Waals surface area contributed by atoms with Gasteiger partial charge in [0.1, 0.15) is 10.6 Å². The first kappa shape index (κ1) is 21.0. The van der Waals surface area contributed by atoms with Gasteiger partial charge in [-0.3, -0.25) is 14.5 Å². The molecule has 0 bridgehead atoms. The van der Waals surface area contributed by atoms with Crippen LogP contribution in [0.2, 0.25) is 0 Å². The number of phenolic OH excluding ortho intramolecular Hbond substituents is 1. The summed E-state index contributed by atoms with van der Waals surface area (Å²) in [7, 11) is -3.02. The summed E-state index contributed by atoms with van der Waals surface area (Å²) in [6.07, 6.45) is 2.18. The molecule has 0 aliphatic carbocycles. The molecule has 0 spiro atoms. The number of rotatable bonds is 7. The molecule has 11 heteroatoms. The Morgan fingerprint density at radius 1 is 1.23 bits per heavy atom. The van der Waals surface area contributed by atoms with Gasteiger partial charge in [0.15, 0.2) is 18.1 Å². The average molecular weight is 432 g/mol. The Bertz CT molecular complexity index is 1240. The first-order valence-corrected chi connectivity index (χ1v) is 9.79. The molecule has 0 atom stereocenters. The van der Waals surface area contributed by atoms with E-state index in [1.165, 1.54) is 19.4 Å². The van der Waals surface area contributed by atoms with E-state index in [9.17, 15) is 22.9 Å². The van der Waals surface area contributed by atoms with Crippen molar-refractivity contribution in [2.75, 3.05) is 13.7 Å². The van der Waals surface area contributed by atoms with Crippen molar-refractivity contribution in [3.63, 3.8) is 0 Å². The lowest BCUT2D eigenvalue weighted by Gasteiger charge is -2.11. The summed E-state index contributed by atoms with van der Waals surface area (Å²) in [5.41, 5.74) is 0.720. The van der Waals surface area contributed by atoms with E-state index in [0.29, 0.717) is 11.4 Å². The average Bonchev–Trinajstić information content (AvgIpc) is 2.71. The van der Waals surface area contributed by atoms with Crippen molar-refractivity contribution >= 4 is 38.9 Å². The van der Waals surface area contributed by atoms with Gasteiger partial charge in [-0.1, -0.05) is 0 Å². The Morgan fingerprint density at radius 3 is 2.53 bits per heavy atom. The number of aliphatic imine (C=N–C) groups is 1. The minimum atomic E-state index is -4.54. The van der Waals surface area contributed by atoms with Crippen molar-refractivity contribution in [1.29, 1.82) is 0 Å². The first-order chi connectivity index (χ1) is 14.2. The molecule has 2 aromatic carbocycles. The molecule has 0 amide bonds. The van der Waals surface area contributed by atoms with Gasteiger partial charge in [0.2, 0.25) is 0 Å². The SMILES string of the molecule is COc1ccc(N=Cc2c(O)c(OCC(=O)O)cc3ncc(S(=O)(=O)O)cc23)cc1. The third kappa shape index (κ3) is 4.64. The highest BCUT2D eigenvalue weighted by molar-refractivity contribution is 7.85. The van der Waals surface area contributed by atoms with Crippen LogP contribution in [0.25, 0.3) is 10.9 Å². The maximum Gasteiger partial charge on any atom is 0.341 e. The number of aliphatic carboxylic acids is 1. The molecule has 0 radical (unpaired) electrons. The molecule has 0 aliphatic heterocycles. The van der Waals surface area contributed by atoms with Crippen molar-refractivity contribution in [1.82, 2.24) is 4.98 Å². The van der Waals surface area contributed by atoms with Crippen LogP contribution in [0.3, 0.4) is 0 Å². The van der Waals surface area contributed by atoms with E-state index in [1.807, 2.05) is 0 Å². The lowest BCUT2D eigenvalue weighted by Crippen LogP contribution is -2.10. The highest BCUT2D eigenvalue weighted by Crippen LogP contribution is 2.36. The first-order valence-electron chi connectivity index (χ1n) is 8.35. The lowest BCUT2D eigenvalue weighted by atomic mass is 10.1. The molecule has 3 N–H and O–H groups in total. The number of ether oxygens (including phenoxy) is 2. The van der Waals surface area contributed by atoms with Gasteiger partial charge in [-0.05, 0) is 30.3 Å². The van der Waals surface area contributed by atoms with Crippen molar-refractivity contribution in [2.24, 2.45) is 4.99 Å². The van der Waals surface area contributed by atoms with Crippen LogP contribution in [-0.2, 0) is 14.9 Å². The third-order valence-electron chi connectivity index (χ3n) is 4.00. The number of carboxylic acid groups (broad SMARTS) is 1. The molecule has 3 rings (SSSR count). The zero-order valence-corrected chi connectivity index (χ0v) is 16.3. The van der Waals surface area contributed by atoms with Gasteiger partial charge in [0.25, 0.3) is 10.1 Å². The number of carbonyl (C=O) groups is 1. The topological polar surface area (TPSA) is 156 Å². The predicted molar refractivity (Wildman–Crippen MR) is 107 cm³/mol. The number of methoxy groups -OCH3 is 1. The number of phenols is 1. The Morgan fingerprint density at radius 2 is 1.93 bits per heavy atom. The zero-order chi connectivity index (χ0) is 21.9. The Kier molecular flexibility index (Phi) is 5.85. The number of nitrogens with zero attached hydrogens (tertiary/aromatic N) is 2. The summed E-state index contributed by atoms with van der Waals surface area (Å²) in [6, 6.07) is 9.03. The molecule has 1 aromatic heterocycles. The molecule has 10 nitrogen and oxygen atoms in total. The molecule has 0 saturated carbocycles. The number of aromatic hydroxyl groups is 1. The van der Waals surface area contributed by atoms with E-state index >= 15 is 0 Å². The minimum Gasteiger partial charge on any atom is -0.504 e. The number of fused-ring (bicyclic) bond motifs is 1. The number of carboxylic acids is 1. The standard InChI is InChI=1S/C19H16N2O8S/c1-28-12-4-2-11(3-5-12)20-9-15-14-6-13(30(25,26)27)8-21-16(14)7-17(19(15)24)29-10-18(22)23/h2-9,24H,10H2,1H3,(H,22,23)(H,25,26,27). The molecule has 156 valence electrons. The summed E-state index contributed by atoms with van der Waals surface area (Å²) in [6.45, 7) is -0.711. The molecule has 0 unspecified atom stereocenters. The highest BCUT2D eigenvalue weighted by atomic mass is 32.2. The maximum atomic E-state index is 11.5. The smallest absolute Gasteiger partial charge is 0.341 e. The van der Waals surface area contributed by atoms with Gasteiger partial charge < -0.3 is 19.7 Å². The maximum absolute atomic E-state index is 11.5. The van der Waals surface area contributed by atoms with Crippen LogP contribution in [0, 0.1) is 0 Å². The monoisotopic (exact) mass is 432 g/mol. The summed E-state index contributed by atoms with van der Waals surface area (Å²) in [5.74, 6) is -1.27. The summed E-state index contributed by atoms with van der Waals surface area (Å²) < 4.78 is 42.4. The van der Waals surface area contributed by atoms with E-state index in [1.54, 1.807) is 24.3 Å². The van der Waals surface area contributed by atoms with Crippen molar-refractivity contribution in [3.8, 4) is 17.2 Å². The van der Waals surface area contributed by atoms with E-state index < -0.39 is 33.3 Å². The fourth-order valence-corrected chi connectivity index (χ4v) is 3.02. The van der Waals surface area contributed by atoms with E-state index in [4.69, 9.17) is 14.6 Å². The normalized spacial score (nSPS) is 11.7. The lowest BCUT2D eigenvalue weighted by molar-refractivity contribution is -0.139. The molecular formula is C19H16N2O8S. The number of hydrogen-bond acceptors (Lipinski definition) is 8. The molecular weight excluding hydrogens is 416 g/mol. The largest absolute Gasteiger partial charge is 0.504 e. The van der Waals surface area contributed by atoms with Gasteiger partial charge in [-0.15, -0.1) is 0 Å². The number of hydrogen-bond donors (Lipinski definition) is 3. The second-order valence-corrected chi connectivity index (χ2v) is 7.41. The fraction of sp³-hybridized carbons (Fsp3) is 0.105. The van der Waals surface area contributed by atoms with Gasteiger partial charge in [-0.25, -0.2) is 4.79 Å². The van der Waals surface area contributed by atoms with Gasteiger partial charge in [0.05, 0.1) is 18.3 Å². The number of aromatic nitrogens is 1. The Hall–Kier alpha value is -3.70. The molecule has 0 saturated heterocycles. The van der Waals surface area contributed by atoms with E-state index in [0.717, 1.165) is 12.3 Å². The van der Waals surface area contributed by atoms with Crippen molar-refractivity contribution in [2.45, 2.75) is 4.90 Å². The summed E-state index contributed by atoms with van der Waals surface area (Å²) in [5, 5.41) is 19.6. The minimum absolute atomic E-state index is 0.0294. The van der Waals surface area contributed by atoms with E-state index in [-0.39, 0.29) is 22.2 Å². The van der Waals surface area contributed by atoms with Gasteiger partial charge in [0, 0.05) is 29.4 Å². The second kappa shape index (κ2) is 8.35. The van der Waals surface area contributed by atoms with Crippen LogP contribution < -0.4 is 9.47 Å². The summed E-state index contributed by atoms with van der Waals surface area (Å²) >= 11 is 0. The van der Waals surface area contributed by atoms with Crippen LogP contribution in [0.4, 0.5) is 5.69 Å². The Balaban J connectivity index is 2.16. The molecule has 3 aromatic rings. The van der Waals surface area contributed by atoms with Crippen LogP contribution in [0.1, 0.15) is 5.56 Å². The van der Waals surface area contributed by atoms with Crippen LogP contribution in [0.15, 0.2) is 52.5 Å². The van der Waals surface area contributed by atoms with Gasteiger partial charge >= 0.3 is 5.97 Å². The molecule has 0 fully saturated rings. The van der Waals surface area contributed by atoms with E-state index in [2.05, 4.69) is 9.98 Å². The van der Waals surface area contributed by atoms with Crippen molar-refractivity contribution < 1.29 is 37.5 Å². The summed E-state index contributed by atoms with van der Waals surface area (Å²) in [4.78, 5) is 18.5. The Labute approximate surface area is 170 Å².